The summed E-state index contributed by atoms with van der Waals surface area (Å²) in [7, 11) is 0. The van der Waals surface area contributed by atoms with Gasteiger partial charge >= 0.3 is 0 Å². The molecule has 0 atom stereocenters. The molecule has 0 saturated carbocycles. The standard InChI is InChI=1S/C22H27BrN6O3/c1-5-17(23)25-18(6-2)26-19(30)11-12-28(14(3)4)20(31)13-29-16-10-8-7-9-15(16)21(27-29)22(24)32/h5-10,14H,2,11-13H2,1,3-4H3,(H2,24,32)(H,25,26,30)/b17-5-. The van der Waals surface area contributed by atoms with Gasteiger partial charge in [-0.15, -0.1) is 0 Å². The van der Waals surface area contributed by atoms with Crippen molar-refractivity contribution in [3.05, 3.63) is 53.3 Å². The summed E-state index contributed by atoms with van der Waals surface area (Å²) in [5.74, 6) is -0.871. The van der Waals surface area contributed by atoms with Crippen molar-refractivity contribution in [2.75, 3.05) is 6.54 Å². The predicted molar refractivity (Wildman–Crippen MR) is 128 cm³/mol. The zero-order valence-electron chi connectivity index (χ0n) is 18.3. The van der Waals surface area contributed by atoms with E-state index in [0.717, 1.165) is 0 Å². The molecule has 170 valence electrons. The van der Waals surface area contributed by atoms with Gasteiger partial charge < -0.3 is 16.0 Å². The number of carbonyl (C=O) groups excluding carboxylic acids is 3. The highest BCUT2D eigenvalue weighted by Crippen LogP contribution is 2.18. The topological polar surface area (TPSA) is 123 Å². The number of amides is 3. The number of aliphatic imine (C=N–C) groups is 1. The molecule has 0 fully saturated rings. The number of carbonyl (C=O) groups is 3. The highest BCUT2D eigenvalue weighted by Gasteiger charge is 2.22. The average Bonchev–Trinajstić information content (AvgIpc) is 3.11. The molecule has 32 heavy (non-hydrogen) atoms. The SMILES string of the molecule is C=C/C(=N\C(Br)=C/C)NC(=O)CCN(C(=O)Cn1nc(C(N)=O)c2ccccc21)C(C)C. The number of amidine groups is 1. The van der Waals surface area contributed by atoms with Crippen LogP contribution < -0.4 is 11.1 Å². The van der Waals surface area contributed by atoms with Gasteiger partial charge in [0.05, 0.1) is 5.52 Å². The van der Waals surface area contributed by atoms with Crippen LogP contribution in [0, 0.1) is 0 Å². The Hall–Kier alpha value is -3.27. The first-order valence-electron chi connectivity index (χ1n) is 10.1. The molecule has 10 heteroatoms. The third-order valence-electron chi connectivity index (χ3n) is 4.63. The average molecular weight is 503 g/mol. The molecule has 2 aromatic rings. The molecule has 1 heterocycles. The quantitative estimate of drug-likeness (QED) is 0.310. The molecule has 1 aromatic heterocycles. The van der Waals surface area contributed by atoms with Crippen LogP contribution in [0.2, 0.25) is 0 Å². The molecule has 9 nitrogen and oxygen atoms in total. The van der Waals surface area contributed by atoms with Crippen LogP contribution in [0.3, 0.4) is 0 Å². The van der Waals surface area contributed by atoms with Crippen LogP contribution in [0.15, 0.2) is 52.6 Å². The van der Waals surface area contributed by atoms with E-state index in [2.05, 4.69) is 37.9 Å². The van der Waals surface area contributed by atoms with Gasteiger partial charge in [-0.2, -0.15) is 5.10 Å². The van der Waals surface area contributed by atoms with Crippen molar-refractivity contribution in [3.8, 4) is 0 Å². The lowest BCUT2D eigenvalue weighted by Gasteiger charge is -2.26. The number of rotatable bonds is 9. The fourth-order valence-corrected chi connectivity index (χ4v) is 3.24. The molecule has 0 spiro atoms. The van der Waals surface area contributed by atoms with Crippen LogP contribution in [0.25, 0.3) is 10.9 Å². The summed E-state index contributed by atoms with van der Waals surface area (Å²) in [5.41, 5.74) is 6.18. The second-order valence-corrected chi connectivity index (χ2v) is 7.99. The van der Waals surface area contributed by atoms with Crippen molar-refractivity contribution in [2.45, 2.75) is 39.8 Å². The maximum absolute atomic E-state index is 13.0. The van der Waals surface area contributed by atoms with Gasteiger partial charge in [0.1, 0.15) is 17.0 Å². The maximum atomic E-state index is 13.0. The predicted octanol–water partition coefficient (Wildman–Crippen LogP) is 2.72. The van der Waals surface area contributed by atoms with E-state index in [9.17, 15) is 14.4 Å². The smallest absolute Gasteiger partial charge is 0.269 e. The summed E-state index contributed by atoms with van der Waals surface area (Å²) < 4.78 is 2.03. The Morgan fingerprint density at radius 1 is 1.34 bits per heavy atom. The number of benzene rings is 1. The fourth-order valence-electron chi connectivity index (χ4n) is 3.05. The minimum absolute atomic E-state index is 0.0800. The Labute approximate surface area is 195 Å². The molecule has 0 aliphatic carbocycles. The second kappa shape index (κ2) is 11.4. The highest BCUT2D eigenvalue weighted by molar-refractivity contribution is 9.11. The minimum atomic E-state index is -0.658. The molecule has 1 aromatic carbocycles. The number of primary amides is 1. The van der Waals surface area contributed by atoms with Gasteiger partial charge in [-0.1, -0.05) is 30.9 Å². The zero-order chi connectivity index (χ0) is 23.8. The zero-order valence-corrected chi connectivity index (χ0v) is 19.9. The summed E-state index contributed by atoms with van der Waals surface area (Å²) in [6.45, 7) is 9.30. The van der Waals surface area contributed by atoms with Gasteiger partial charge in [0.15, 0.2) is 5.69 Å². The number of para-hydroxylation sites is 1. The van der Waals surface area contributed by atoms with E-state index in [4.69, 9.17) is 5.73 Å². The lowest BCUT2D eigenvalue weighted by atomic mass is 10.2. The van der Waals surface area contributed by atoms with Crippen molar-refractivity contribution in [1.29, 1.82) is 0 Å². The third-order valence-corrected chi connectivity index (χ3v) is 5.26. The molecule has 0 unspecified atom stereocenters. The minimum Gasteiger partial charge on any atom is -0.364 e. The molecule has 0 bridgehead atoms. The van der Waals surface area contributed by atoms with Crippen molar-refractivity contribution in [1.82, 2.24) is 20.0 Å². The number of halogens is 1. The van der Waals surface area contributed by atoms with Crippen molar-refractivity contribution < 1.29 is 14.4 Å². The Bertz CT molecular complexity index is 1090. The van der Waals surface area contributed by atoms with E-state index < -0.39 is 5.91 Å². The van der Waals surface area contributed by atoms with Crippen LogP contribution in [-0.2, 0) is 16.1 Å². The lowest BCUT2D eigenvalue weighted by molar-refractivity contribution is -0.134. The van der Waals surface area contributed by atoms with E-state index in [0.29, 0.717) is 21.3 Å². The van der Waals surface area contributed by atoms with Crippen molar-refractivity contribution in [2.24, 2.45) is 10.7 Å². The Morgan fingerprint density at radius 3 is 2.62 bits per heavy atom. The summed E-state index contributed by atoms with van der Waals surface area (Å²) in [5, 5.41) is 7.49. The van der Waals surface area contributed by atoms with Crippen LogP contribution >= 0.6 is 15.9 Å². The first kappa shape index (κ1) is 25.0. The molecular weight excluding hydrogens is 476 g/mol. The van der Waals surface area contributed by atoms with Crippen LogP contribution in [0.5, 0.6) is 0 Å². The highest BCUT2D eigenvalue weighted by atomic mass is 79.9. The second-order valence-electron chi connectivity index (χ2n) is 7.18. The fraction of sp³-hybridized carbons (Fsp3) is 0.318. The van der Waals surface area contributed by atoms with E-state index in [1.54, 1.807) is 42.2 Å². The van der Waals surface area contributed by atoms with E-state index >= 15 is 0 Å². The van der Waals surface area contributed by atoms with Gasteiger partial charge in [-0.05, 0) is 48.8 Å². The number of aromatic nitrogens is 2. The van der Waals surface area contributed by atoms with Gasteiger partial charge in [-0.25, -0.2) is 4.99 Å². The van der Waals surface area contributed by atoms with Crippen molar-refractivity contribution >= 4 is 50.4 Å². The molecule has 3 amide bonds. The largest absolute Gasteiger partial charge is 0.364 e. The number of nitrogens with zero attached hydrogens (tertiary/aromatic N) is 4. The van der Waals surface area contributed by atoms with Gasteiger partial charge in [0.25, 0.3) is 5.91 Å². The molecule has 2 rings (SSSR count). The van der Waals surface area contributed by atoms with E-state index in [1.807, 2.05) is 13.8 Å². The van der Waals surface area contributed by atoms with Crippen molar-refractivity contribution in [3.63, 3.8) is 0 Å². The third kappa shape index (κ3) is 6.36. The molecule has 3 N–H and O–H groups in total. The van der Waals surface area contributed by atoms with E-state index in [-0.39, 0.29) is 43.1 Å². The summed E-state index contributed by atoms with van der Waals surface area (Å²) in [6.07, 6.45) is 3.25. The first-order chi connectivity index (χ1) is 15.2. The number of allylic oxidation sites excluding steroid dienone is 1. The number of nitrogens with two attached hydrogens (primary N) is 1. The van der Waals surface area contributed by atoms with Gasteiger partial charge in [0, 0.05) is 24.4 Å². The summed E-state index contributed by atoms with van der Waals surface area (Å²) in [4.78, 5) is 42.9. The van der Waals surface area contributed by atoms with Crippen LogP contribution in [0.1, 0.15) is 37.7 Å². The van der Waals surface area contributed by atoms with E-state index in [1.165, 1.54) is 10.8 Å². The first-order valence-corrected chi connectivity index (χ1v) is 10.8. The van der Waals surface area contributed by atoms with Gasteiger partial charge in [-0.3, -0.25) is 19.1 Å². The number of hydrogen-bond donors (Lipinski definition) is 2. The normalized spacial score (nSPS) is 12.2. The number of hydrogen-bond acceptors (Lipinski definition) is 5. The maximum Gasteiger partial charge on any atom is 0.269 e. The molecule has 0 radical (unpaired) electrons. The Balaban J connectivity index is 2.12. The monoisotopic (exact) mass is 502 g/mol. The Morgan fingerprint density at radius 2 is 2.03 bits per heavy atom. The molecule has 0 saturated heterocycles. The van der Waals surface area contributed by atoms with Crippen LogP contribution in [-0.4, -0.2) is 50.8 Å². The number of nitrogens with one attached hydrogen (secondary N) is 1. The molecule has 0 aliphatic rings. The summed E-state index contributed by atoms with van der Waals surface area (Å²) >= 11 is 3.25. The Kier molecular flexibility index (Phi) is 8.89. The van der Waals surface area contributed by atoms with Gasteiger partial charge in [0.2, 0.25) is 11.8 Å². The van der Waals surface area contributed by atoms with Crippen LogP contribution in [0.4, 0.5) is 0 Å². The number of fused-ring (bicyclic) bond motifs is 1. The summed E-state index contributed by atoms with van der Waals surface area (Å²) in [6, 6.07) is 6.94. The molecule has 0 aliphatic heterocycles. The molecular formula is C22H27BrN6O3. The lowest BCUT2D eigenvalue weighted by Crippen LogP contribution is -2.42.